The predicted octanol–water partition coefficient (Wildman–Crippen LogP) is 9.88. The van der Waals surface area contributed by atoms with Crippen LogP contribution < -0.4 is 0 Å². The predicted molar refractivity (Wildman–Crippen MR) is 203 cm³/mol. The number of ketones is 1. The molecule has 1 fully saturated rings. The van der Waals surface area contributed by atoms with E-state index in [0.29, 0.717) is 17.3 Å². The number of Topliss-reactive ketones (excluding diaryl/α,β-unsaturated/α-hetero) is 1. The van der Waals surface area contributed by atoms with E-state index in [1.165, 1.54) is 23.3 Å². The summed E-state index contributed by atoms with van der Waals surface area (Å²) in [4.78, 5) is 38.2. The van der Waals surface area contributed by atoms with Gasteiger partial charge in [-0.1, -0.05) is 45.2 Å². The molecule has 0 saturated heterocycles. The van der Waals surface area contributed by atoms with Gasteiger partial charge in [0.05, 0.1) is 49.2 Å². The summed E-state index contributed by atoms with van der Waals surface area (Å²) in [5, 5.41) is 12.3. The van der Waals surface area contributed by atoms with Crippen LogP contribution in [0.2, 0.25) is 0 Å². The number of thiophene rings is 1. The van der Waals surface area contributed by atoms with E-state index in [-0.39, 0.29) is 12.3 Å². The van der Waals surface area contributed by atoms with Crippen molar-refractivity contribution in [1.82, 2.24) is 19.4 Å². The van der Waals surface area contributed by atoms with Crippen LogP contribution in [0, 0.1) is 13.8 Å². The van der Waals surface area contributed by atoms with Gasteiger partial charge >= 0.3 is 5.97 Å². The van der Waals surface area contributed by atoms with Gasteiger partial charge in [-0.3, -0.25) is 4.79 Å². The monoisotopic (exact) mass is 702 g/mol. The molecular formula is C39H50N4O4S2. The molecule has 0 radical (unpaired) electrons. The molecule has 0 bridgehead atoms. The first-order valence-corrected chi connectivity index (χ1v) is 19.2. The van der Waals surface area contributed by atoms with Gasteiger partial charge in [0.15, 0.2) is 0 Å². The highest BCUT2D eigenvalue weighted by Gasteiger charge is 2.32. The number of ether oxygens (including phenoxy) is 1. The minimum Gasteiger partial charge on any atom is -0.477 e. The number of benzene rings is 1. The molecule has 0 spiro atoms. The van der Waals surface area contributed by atoms with Crippen LogP contribution in [0.5, 0.6) is 0 Å². The van der Waals surface area contributed by atoms with Crippen LogP contribution in [-0.4, -0.2) is 63.6 Å². The smallest absolute Gasteiger partial charge is 0.346 e. The molecule has 0 unspecified atom stereocenters. The molecule has 262 valence electrons. The summed E-state index contributed by atoms with van der Waals surface area (Å²) < 4.78 is 8.28. The van der Waals surface area contributed by atoms with Crippen LogP contribution in [0.15, 0.2) is 30.3 Å². The first-order chi connectivity index (χ1) is 23.5. The van der Waals surface area contributed by atoms with Gasteiger partial charge in [-0.2, -0.15) is 0 Å². The van der Waals surface area contributed by atoms with Crippen LogP contribution in [0.4, 0.5) is 0 Å². The number of hydrogen-bond acceptors (Lipinski definition) is 8. The Labute approximate surface area is 298 Å². The third-order valence-corrected chi connectivity index (χ3v) is 11.2. The Morgan fingerprint density at radius 3 is 2.31 bits per heavy atom. The number of carbonyl (C=O) groups is 2. The SMILES string of the molecule is CC(=O)Cn1c(-c2ccc3nc(-c4sc(C)nc4C)ccc3c2)c(C2CCCCC2)c2sc(C(=O)O)c(CN(C)C)c21.CCCOCCC. The van der Waals surface area contributed by atoms with Crippen molar-refractivity contribution in [3.63, 3.8) is 0 Å². The number of hydrogen-bond donors (Lipinski definition) is 1. The molecule has 1 aromatic carbocycles. The van der Waals surface area contributed by atoms with Gasteiger partial charge in [-0.05, 0) is 95.8 Å². The van der Waals surface area contributed by atoms with Crippen molar-refractivity contribution in [2.24, 2.45) is 0 Å². The molecule has 1 N–H and O–H groups in total. The summed E-state index contributed by atoms with van der Waals surface area (Å²) in [7, 11) is 3.91. The zero-order chi connectivity index (χ0) is 35.2. The lowest BCUT2D eigenvalue weighted by molar-refractivity contribution is -0.117. The maximum absolute atomic E-state index is 12.8. The van der Waals surface area contributed by atoms with Crippen molar-refractivity contribution in [1.29, 1.82) is 0 Å². The second-order valence-electron chi connectivity index (χ2n) is 13.4. The lowest BCUT2D eigenvalue weighted by Crippen LogP contribution is -2.15. The highest BCUT2D eigenvalue weighted by atomic mass is 32.1. The van der Waals surface area contributed by atoms with Crippen molar-refractivity contribution < 1.29 is 19.4 Å². The van der Waals surface area contributed by atoms with E-state index >= 15 is 0 Å². The fourth-order valence-electron chi connectivity index (χ4n) is 6.95. The van der Waals surface area contributed by atoms with Crippen molar-refractivity contribution in [3.8, 4) is 21.8 Å². The number of carboxylic acid groups (broad SMARTS) is 1. The van der Waals surface area contributed by atoms with Crippen molar-refractivity contribution in [2.45, 2.75) is 98.6 Å². The molecular weight excluding hydrogens is 653 g/mol. The van der Waals surface area contributed by atoms with E-state index < -0.39 is 5.97 Å². The number of aryl methyl sites for hydroxylation is 2. The van der Waals surface area contributed by atoms with E-state index in [1.807, 2.05) is 32.8 Å². The minimum atomic E-state index is -0.905. The molecule has 4 aromatic heterocycles. The molecule has 0 atom stereocenters. The van der Waals surface area contributed by atoms with Gasteiger partial charge in [0.25, 0.3) is 0 Å². The average molecular weight is 703 g/mol. The average Bonchev–Trinajstić information content (AvgIpc) is 3.71. The molecule has 6 rings (SSSR count). The Kier molecular flexibility index (Phi) is 12.4. The normalized spacial score (nSPS) is 13.7. The van der Waals surface area contributed by atoms with Crippen LogP contribution >= 0.6 is 22.7 Å². The lowest BCUT2D eigenvalue weighted by atomic mass is 9.83. The number of pyridine rings is 1. The number of fused-ring (bicyclic) bond motifs is 2. The van der Waals surface area contributed by atoms with Crippen LogP contribution in [0.1, 0.15) is 103 Å². The number of thiazole rings is 1. The zero-order valence-electron chi connectivity index (χ0n) is 30.0. The van der Waals surface area contributed by atoms with Gasteiger partial charge in [0, 0.05) is 30.7 Å². The standard InChI is InChI=1S/C33H36N4O3S2.C6H14O/c1-18(38)16-37-28(23-12-13-25-22(15-23)11-14-26(35-25)30-19(2)34-20(3)41-30)27(21-9-7-6-8-10-21)32-29(37)24(17-36(4)5)31(42-32)33(39)40;1-3-5-7-6-4-2/h11-15,21H,6-10,16-17H2,1-5H3,(H,39,40);3-6H2,1-2H3. The maximum atomic E-state index is 12.8. The maximum Gasteiger partial charge on any atom is 0.346 e. The number of carbonyl (C=O) groups excluding carboxylic acids is 1. The highest BCUT2D eigenvalue weighted by Crippen LogP contribution is 2.49. The van der Waals surface area contributed by atoms with E-state index in [4.69, 9.17) is 9.72 Å². The third-order valence-electron chi connectivity index (χ3n) is 8.88. The van der Waals surface area contributed by atoms with Gasteiger partial charge < -0.3 is 19.3 Å². The van der Waals surface area contributed by atoms with E-state index in [1.54, 1.807) is 18.3 Å². The van der Waals surface area contributed by atoms with Crippen LogP contribution in [0.3, 0.4) is 0 Å². The van der Waals surface area contributed by atoms with Crippen LogP contribution in [0.25, 0.3) is 42.9 Å². The summed E-state index contributed by atoms with van der Waals surface area (Å²) in [6.45, 7) is 12.4. The summed E-state index contributed by atoms with van der Waals surface area (Å²) >= 11 is 3.04. The second-order valence-corrected chi connectivity index (χ2v) is 15.6. The van der Waals surface area contributed by atoms with Gasteiger partial charge in [-0.15, -0.1) is 22.7 Å². The van der Waals surface area contributed by atoms with Crippen molar-refractivity contribution in [3.05, 3.63) is 57.0 Å². The molecule has 0 aliphatic heterocycles. The number of rotatable bonds is 12. The van der Waals surface area contributed by atoms with Gasteiger partial charge in [0.2, 0.25) is 0 Å². The Hall–Kier alpha value is -3.44. The Morgan fingerprint density at radius 1 is 1.00 bits per heavy atom. The molecule has 10 heteroatoms. The first kappa shape index (κ1) is 36.8. The quantitative estimate of drug-likeness (QED) is 0.129. The Morgan fingerprint density at radius 2 is 1.71 bits per heavy atom. The summed E-state index contributed by atoms with van der Waals surface area (Å²) in [6.07, 6.45) is 7.96. The topological polar surface area (TPSA) is 97.5 Å². The molecule has 8 nitrogen and oxygen atoms in total. The first-order valence-electron chi connectivity index (χ1n) is 17.5. The molecule has 1 aliphatic carbocycles. The van der Waals surface area contributed by atoms with Gasteiger partial charge in [0.1, 0.15) is 10.7 Å². The molecule has 49 heavy (non-hydrogen) atoms. The zero-order valence-corrected chi connectivity index (χ0v) is 31.7. The fraction of sp³-hybridized carbons (Fsp3) is 0.487. The summed E-state index contributed by atoms with van der Waals surface area (Å²) in [5.41, 5.74) is 7.83. The third kappa shape index (κ3) is 8.31. The Balaban J connectivity index is 0.000000606. The number of aromatic carboxylic acids is 1. The number of carboxylic acids is 1. The fourth-order valence-corrected chi connectivity index (χ4v) is 9.11. The molecule has 4 heterocycles. The second kappa shape index (κ2) is 16.5. The molecule has 0 amide bonds. The molecule has 5 aromatic rings. The molecule has 1 aliphatic rings. The van der Waals surface area contributed by atoms with Crippen molar-refractivity contribution in [2.75, 3.05) is 27.3 Å². The summed E-state index contributed by atoms with van der Waals surface area (Å²) in [5.74, 6) is -0.534. The highest BCUT2D eigenvalue weighted by molar-refractivity contribution is 7.21. The minimum absolute atomic E-state index is 0.0459. The molecule has 1 saturated carbocycles. The lowest BCUT2D eigenvalue weighted by Gasteiger charge is -2.23. The summed E-state index contributed by atoms with van der Waals surface area (Å²) in [6, 6.07) is 10.6. The van der Waals surface area contributed by atoms with E-state index in [0.717, 1.165) is 111 Å². The van der Waals surface area contributed by atoms with Crippen molar-refractivity contribution >= 4 is 55.5 Å². The number of aromatic nitrogens is 3. The largest absolute Gasteiger partial charge is 0.477 e. The van der Waals surface area contributed by atoms with Gasteiger partial charge in [-0.25, -0.2) is 14.8 Å². The van der Waals surface area contributed by atoms with E-state index in [9.17, 15) is 14.7 Å². The number of nitrogens with zero attached hydrogens (tertiary/aromatic N) is 4. The van der Waals surface area contributed by atoms with E-state index in [2.05, 4.69) is 53.7 Å². The van der Waals surface area contributed by atoms with Crippen LogP contribution in [-0.2, 0) is 22.6 Å². The Bertz CT molecular complexity index is 1930.